The minimum Gasteiger partial charge on any atom is -0.507 e. The van der Waals surface area contributed by atoms with E-state index < -0.39 is 29.4 Å². The summed E-state index contributed by atoms with van der Waals surface area (Å²) in [5.41, 5.74) is 1.15. The summed E-state index contributed by atoms with van der Waals surface area (Å²) in [5.74, 6) is -3.48. The average Bonchev–Trinajstić information content (AvgIpc) is 2.70. The Hall–Kier alpha value is -2.74. The summed E-state index contributed by atoms with van der Waals surface area (Å²) in [6, 6.07) is 3.16. The van der Waals surface area contributed by atoms with E-state index in [9.17, 15) is 24.3 Å². The molecule has 30 heavy (non-hydrogen) atoms. The molecule has 0 spiro atoms. The fourth-order valence-electron chi connectivity index (χ4n) is 3.28. The van der Waals surface area contributed by atoms with Crippen molar-refractivity contribution in [3.8, 4) is 5.75 Å². The molecule has 8 nitrogen and oxygen atoms in total. The van der Waals surface area contributed by atoms with Gasteiger partial charge in [-0.15, -0.1) is 0 Å². The molecule has 0 saturated heterocycles. The van der Waals surface area contributed by atoms with Gasteiger partial charge in [-0.25, -0.2) is 4.79 Å². The summed E-state index contributed by atoms with van der Waals surface area (Å²) in [7, 11) is 1.57. The molecule has 0 fully saturated rings. The van der Waals surface area contributed by atoms with Crippen molar-refractivity contribution < 1.29 is 33.8 Å². The fourth-order valence-corrected chi connectivity index (χ4v) is 3.28. The van der Waals surface area contributed by atoms with Crippen LogP contribution in [0, 0.1) is 5.92 Å². The smallest absolute Gasteiger partial charge is 0.342 e. The summed E-state index contributed by atoms with van der Waals surface area (Å²) in [5, 5.41) is 13.6. The number of benzene rings is 1. The van der Waals surface area contributed by atoms with Crippen molar-refractivity contribution in [1.82, 2.24) is 0 Å². The molecule has 0 saturated carbocycles. The molecule has 2 atom stereocenters. The Morgan fingerprint density at radius 2 is 1.80 bits per heavy atom. The normalized spacial score (nSPS) is 21.6. The molecule has 0 bridgehead atoms. The Balaban J connectivity index is 2.35. The SMILES string of the molecule is COCCNc1cc(O)c2c(c1)CCCC(=O)C(=O)C(=O)CC[C@@H](C)[C@H](C)OC2=O. The second-order valence-electron chi connectivity index (χ2n) is 7.60. The second-order valence-corrected chi connectivity index (χ2v) is 7.60. The van der Waals surface area contributed by atoms with E-state index in [-0.39, 0.29) is 42.9 Å². The standard InChI is InChI=1S/C22H29NO7/c1-13-7-8-18(25)21(27)17(24)6-4-5-15-11-16(23-9-10-29-3)12-19(26)20(15)22(28)30-14(13)2/h11-14,23,26H,4-10H2,1-3H3/t13-,14+/m1/s1. The molecule has 0 amide bonds. The van der Waals surface area contributed by atoms with Crippen LogP contribution in [0.2, 0.25) is 0 Å². The number of carbonyl (C=O) groups excluding carboxylic acids is 4. The number of methoxy groups -OCH3 is 1. The zero-order valence-electron chi connectivity index (χ0n) is 17.7. The van der Waals surface area contributed by atoms with Crippen LogP contribution in [0.25, 0.3) is 0 Å². The number of phenolic OH excluding ortho intramolecular Hbond substituents is 1. The van der Waals surface area contributed by atoms with Gasteiger partial charge in [0.1, 0.15) is 17.4 Å². The molecule has 1 aliphatic heterocycles. The number of carbonyl (C=O) groups is 4. The molecule has 2 N–H and O–H groups in total. The summed E-state index contributed by atoms with van der Waals surface area (Å²) in [4.78, 5) is 48.9. The summed E-state index contributed by atoms with van der Waals surface area (Å²) in [6.07, 6.45) is 0.123. The first-order valence-corrected chi connectivity index (χ1v) is 10.1. The number of phenols is 1. The number of esters is 1. The highest BCUT2D eigenvalue weighted by molar-refractivity contribution is 6.63. The summed E-state index contributed by atoms with van der Waals surface area (Å²) < 4.78 is 10.5. The van der Waals surface area contributed by atoms with Crippen molar-refractivity contribution in [3.63, 3.8) is 0 Å². The van der Waals surface area contributed by atoms with Gasteiger partial charge in [-0.2, -0.15) is 0 Å². The molecule has 0 unspecified atom stereocenters. The van der Waals surface area contributed by atoms with Crippen molar-refractivity contribution >= 4 is 29.0 Å². The number of rotatable bonds is 4. The van der Waals surface area contributed by atoms with Gasteiger partial charge >= 0.3 is 5.97 Å². The van der Waals surface area contributed by atoms with Crippen LogP contribution in [0.3, 0.4) is 0 Å². The molecule has 1 aromatic carbocycles. The zero-order chi connectivity index (χ0) is 22.3. The van der Waals surface area contributed by atoms with Crippen LogP contribution in [0.4, 0.5) is 5.69 Å². The first-order valence-electron chi connectivity index (χ1n) is 10.1. The third-order valence-corrected chi connectivity index (χ3v) is 5.32. The maximum atomic E-state index is 12.8. The zero-order valence-corrected chi connectivity index (χ0v) is 17.7. The van der Waals surface area contributed by atoms with E-state index in [0.717, 1.165) is 0 Å². The van der Waals surface area contributed by atoms with Gasteiger partial charge in [0.15, 0.2) is 0 Å². The molecule has 8 heteroatoms. The van der Waals surface area contributed by atoms with Crippen molar-refractivity contribution in [2.24, 2.45) is 5.92 Å². The largest absolute Gasteiger partial charge is 0.507 e. The lowest BCUT2D eigenvalue weighted by atomic mass is 9.94. The number of fused-ring (bicyclic) bond motifs is 1. The van der Waals surface area contributed by atoms with Crippen LogP contribution < -0.4 is 5.32 Å². The third-order valence-electron chi connectivity index (χ3n) is 5.32. The highest BCUT2D eigenvalue weighted by Crippen LogP contribution is 2.30. The van der Waals surface area contributed by atoms with Crippen LogP contribution in [0.1, 0.15) is 55.5 Å². The van der Waals surface area contributed by atoms with E-state index >= 15 is 0 Å². The van der Waals surface area contributed by atoms with E-state index in [4.69, 9.17) is 9.47 Å². The average molecular weight is 419 g/mol. The molecule has 1 heterocycles. The maximum absolute atomic E-state index is 12.8. The number of Topliss-reactive ketones (excluding diaryl/α,β-unsaturated/α-hetero) is 3. The van der Waals surface area contributed by atoms with Gasteiger partial charge in [-0.05, 0) is 43.7 Å². The first kappa shape index (κ1) is 23.5. The van der Waals surface area contributed by atoms with Gasteiger partial charge in [0.05, 0.1) is 6.61 Å². The predicted octanol–water partition coefficient (Wildman–Crippen LogP) is 2.46. The molecule has 2 rings (SSSR count). The fraction of sp³-hybridized carbons (Fsp3) is 0.545. The topological polar surface area (TPSA) is 119 Å². The van der Waals surface area contributed by atoms with Gasteiger partial charge in [0.2, 0.25) is 11.6 Å². The van der Waals surface area contributed by atoms with Gasteiger partial charge < -0.3 is 19.9 Å². The lowest BCUT2D eigenvalue weighted by Crippen LogP contribution is -2.27. The Bertz CT molecular complexity index is 818. The van der Waals surface area contributed by atoms with Crippen molar-refractivity contribution in [2.45, 2.75) is 52.1 Å². The number of ketones is 3. The summed E-state index contributed by atoms with van der Waals surface area (Å²) >= 11 is 0. The monoisotopic (exact) mass is 419 g/mol. The van der Waals surface area contributed by atoms with Crippen LogP contribution in [-0.4, -0.2) is 54.8 Å². The van der Waals surface area contributed by atoms with Gasteiger partial charge in [0, 0.05) is 38.2 Å². The lowest BCUT2D eigenvalue weighted by Gasteiger charge is -2.22. The summed E-state index contributed by atoms with van der Waals surface area (Å²) in [6.45, 7) is 4.46. The molecule has 1 aliphatic rings. The van der Waals surface area contributed by atoms with Crippen LogP contribution >= 0.6 is 0 Å². The molecular formula is C22H29NO7. The van der Waals surface area contributed by atoms with Crippen molar-refractivity contribution in [1.29, 1.82) is 0 Å². The number of anilines is 1. The molecule has 0 radical (unpaired) electrons. The van der Waals surface area contributed by atoms with E-state index in [2.05, 4.69) is 5.32 Å². The van der Waals surface area contributed by atoms with Crippen LogP contribution in [0.5, 0.6) is 5.75 Å². The van der Waals surface area contributed by atoms with Crippen molar-refractivity contribution in [2.75, 3.05) is 25.6 Å². The van der Waals surface area contributed by atoms with Gasteiger partial charge in [0.25, 0.3) is 5.78 Å². The highest BCUT2D eigenvalue weighted by atomic mass is 16.5. The minimum atomic E-state index is -0.970. The Labute approximate surface area is 175 Å². The molecule has 0 aliphatic carbocycles. The van der Waals surface area contributed by atoms with Crippen LogP contribution in [0.15, 0.2) is 12.1 Å². The number of ether oxygens (including phenoxy) is 2. The molecule has 164 valence electrons. The van der Waals surface area contributed by atoms with Gasteiger partial charge in [-0.3, -0.25) is 14.4 Å². The molecule has 0 aromatic heterocycles. The van der Waals surface area contributed by atoms with Gasteiger partial charge in [-0.1, -0.05) is 6.92 Å². The minimum absolute atomic E-state index is 0.0539. The number of nitrogens with one attached hydrogen (secondary N) is 1. The maximum Gasteiger partial charge on any atom is 0.342 e. The molecular weight excluding hydrogens is 390 g/mol. The molecule has 1 aromatic rings. The first-order chi connectivity index (χ1) is 14.2. The Kier molecular flexibility index (Phi) is 8.53. The van der Waals surface area contributed by atoms with E-state index in [1.807, 2.05) is 0 Å². The number of aromatic hydroxyl groups is 1. The number of cyclic esters (lactones) is 1. The third kappa shape index (κ3) is 6.13. The number of hydrogen-bond donors (Lipinski definition) is 2. The van der Waals surface area contributed by atoms with Crippen molar-refractivity contribution in [3.05, 3.63) is 23.3 Å². The quantitative estimate of drug-likeness (QED) is 0.434. The van der Waals surface area contributed by atoms with E-state index in [0.29, 0.717) is 30.8 Å². The lowest BCUT2D eigenvalue weighted by molar-refractivity contribution is -0.144. The predicted molar refractivity (Wildman–Crippen MR) is 110 cm³/mol. The Morgan fingerprint density at radius 1 is 1.10 bits per heavy atom. The highest BCUT2D eigenvalue weighted by Gasteiger charge is 2.27. The van der Waals surface area contributed by atoms with E-state index in [1.54, 1.807) is 27.0 Å². The second kappa shape index (κ2) is 10.9. The van der Waals surface area contributed by atoms with Crippen LogP contribution in [-0.2, 0) is 30.3 Å². The van der Waals surface area contributed by atoms with E-state index in [1.165, 1.54) is 6.07 Å². The Morgan fingerprint density at radius 3 is 2.50 bits per heavy atom. The number of aryl methyl sites for hydroxylation is 1. The number of hydrogen-bond acceptors (Lipinski definition) is 8.